The molecule has 1 saturated heterocycles. The molecule has 0 saturated carbocycles. The number of rotatable bonds is 3. The van der Waals surface area contributed by atoms with Crippen LogP contribution in [0.2, 0.25) is 0 Å². The smallest absolute Gasteiger partial charge is 0.278 e. The van der Waals surface area contributed by atoms with Crippen LogP contribution >= 0.6 is 0 Å². The first-order chi connectivity index (χ1) is 9.46. The van der Waals surface area contributed by atoms with Gasteiger partial charge in [0.1, 0.15) is 0 Å². The number of nitrogens with zero attached hydrogens (tertiary/aromatic N) is 2. The van der Waals surface area contributed by atoms with Gasteiger partial charge in [0.05, 0.1) is 27.5 Å². The Hall–Kier alpha value is -1.88. The van der Waals surface area contributed by atoms with Crippen LogP contribution in [0, 0.1) is 10.1 Å². The van der Waals surface area contributed by atoms with Gasteiger partial charge in [0.15, 0.2) is 0 Å². The molecule has 2 aromatic rings. The van der Waals surface area contributed by atoms with Gasteiger partial charge in [0.2, 0.25) is 0 Å². The SMILES string of the molecule is CC1(C)CCC(Cn2ccc3c([N+](=O)[O-])cccc32)O1. The van der Waals surface area contributed by atoms with Gasteiger partial charge in [-0.15, -0.1) is 0 Å². The molecular formula is C15H18N2O3. The number of hydrogen-bond acceptors (Lipinski definition) is 3. The van der Waals surface area contributed by atoms with Crippen LogP contribution in [0.3, 0.4) is 0 Å². The van der Waals surface area contributed by atoms with E-state index in [4.69, 9.17) is 4.74 Å². The van der Waals surface area contributed by atoms with E-state index >= 15 is 0 Å². The highest BCUT2D eigenvalue weighted by molar-refractivity contribution is 5.89. The topological polar surface area (TPSA) is 57.3 Å². The number of aromatic nitrogens is 1. The Balaban J connectivity index is 1.90. The molecule has 1 fully saturated rings. The number of hydrogen-bond donors (Lipinski definition) is 0. The lowest BCUT2D eigenvalue weighted by molar-refractivity contribution is -0.383. The molecule has 1 aromatic heterocycles. The van der Waals surface area contributed by atoms with Gasteiger partial charge in [-0.2, -0.15) is 0 Å². The lowest BCUT2D eigenvalue weighted by atomic mass is 10.1. The Morgan fingerprint density at radius 3 is 2.90 bits per heavy atom. The molecule has 1 unspecified atom stereocenters. The Morgan fingerprint density at radius 1 is 1.45 bits per heavy atom. The zero-order valence-corrected chi connectivity index (χ0v) is 11.7. The van der Waals surface area contributed by atoms with Gasteiger partial charge in [0, 0.05) is 18.8 Å². The zero-order chi connectivity index (χ0) is 14.3. The fourth-order valence-electron chi connectivity index (χ4n) is 2.95. The van der Waals surface area contributed by atoms with Gasteiger partial charge in [-0.3, -0.25) is 10.1 Å². The normalized spacial score (nSPS) is 21.4. The number of nitro benzene ring substituents is 1. The van der Waals surface area contributed by atoms with Gasteiger partial charge >= 0.3 is 0 Å². The number of benzene rings is 1. The van der Waals surface area contributed by atoms with E-state index in [1.165, 1.54) is 0 Å². The van der Waals surface area contributed by atoms with Crippen molar-refractivity contribution in [3.63, 3.8) is 0 Å². The third-order valence-corrected chi connectivity index (χ3v) is 3.94. The average molecular weight is 274 g/mol. The maximum absolute atomic E-state index is 11.0. The summed E-state index contributed by atoms with van der Waals surface area (Å²) in [7, 11) is 0. The van der Waals surface area contributed by atoms with Gasteiger partial charge in [-0.25, -0.2) is 0 Å². The van der Waals surface area contributed by atoms with Crippen molar-refractivity contribution in [2.75, 3.05) is 0 Å². The summed E-state index contributed by atoms with van der Waals surface area (Å²) in [6.45, 7) is 4.95. The van der Waals surface area contributed by atoms with Crippen LogP contribution in [0.5, 0.6) is 0 Å². The number of fused-ring (bicyclic) bond motifs is 1. The Labute approximate surface area is 117 Å². The van der Waals surface area contributed by atoms with E-state index in [2.05, 4.69) is 18.4 Å². The Morgan fingerprint density at radius 2 is 2.25 bits per heavy atom. The average Bonchev–Trinajstić information content (AvgIpc) is 2.93. The molecule has 106 valence electrons. The van der Waals surface area contributed by atoms with E-state index in [0.29, 0.717) is 5.39 Å². The summed E-state index contributed by atoms with van der Waals surface area (Å²) in [5, 5.41) is 11.7. The summed E-state index contributed by atoms with van der Waals surface area (Å²) < 4.78 is 8.04. The van der Waals surface area contributed by atoms with Gasteiger partial charge in [-0.1, -0.05) is 6.07 Å². The quantitative estimate of drug-likeness (QED) is 0.635. The second-order valence-corrected chi connectivity index (χ2v) is 5.97. The summed E-state index contributed by atoms with van der Waals surface area (Å²) >= 11 is 0. The third-order valence-electron chi connectivity index (χ3n) is 3.94. The van der Waals surface area contributed by atoms with Crippen LogP contribution in [-0.4, -0.2) is 21.2 Å². The molecular weight excluding hydrogens is 256 g/mol. The number of nitro groups is 1. The lowest BCUT2D eigenvalue weighted by Gasteiger charge is -2.19. The van der Waals surface area contributed by atoms with E-state index < -0.39 is 0 Å². The first-order valence-corrected chi connectivity index (χ1v) is 6.86. The van der Waals surface area contributed by atoms with Crippen molar-refractivity contribution in [2.24, 2.45) is 0 Å². The summed E-state index contributed by atoms with van der Waals surface area (Å²) in [6, 6.07) is 7.01. The monoisotopic (exact) mass is 274 g/mol. The van der Waals surface area contributed by atoms with Crippen molar-refractivity contribution in [2.45, 2.75) is 44.9 Å². The highest BCUT2D eigenvalue weighted by Crippen LogP contribution is 2.32. The lowest BCUT2D eigenvalue weighted by Crippen LogP contribution is -2.22. The van der Waals surface area contributed by atoms with Crippen LogP contribution in [0.15, 0.2) is 30.5 Å². The molecule has 0 radical (unpaired) electrons. The zero-order valence-electron chi connectivity index (χ0n) is 11.7. The minimum atomic E-state index is -0.331. The van der Waals surface area contributed by atoms with Gasteiger partial charge in [-0.05, 0) is 38.8 Å². The van der Waals surface area contributed by atoms with Gasteiger partial charge < -0.3 is 9.30 Å². The van der Waals surface area contributed by atoms with Crippen molar-refractivity contribution >= 4 is 16.6 Å². The molecule has 0 spiro atoms. The van der Waals surface area contributed by atoms with Crippen molar-refractivity contribution in [1.29, 1.82) is 0 Å². The second-order valence-electron chi connectivity index (χ2n) is 5.97. The van der Waals surface area contributed by atoms with Crippen molar-refractivity contribution in [1.82, 2.24) is 4.57 Å². The fraction of sp³-hybridized carbons (Fsp3) is 0.467. The minimum Gasteiger partial charge on any atom is -0.370 e. The van der Waals surface area contributed by atoms with E-state index in [1.54, 1.807) is 12.1 Å². The molecule has 1 aliphatic rings. The highest BCUT2D eigenvalue weighted by atomic mass is 16.6. The number of ether oxygens (including phenoxy) is 1. The molecule has 5 nitrogen and oxygen atoms in total. The van der Waals surface area contributed by atoms with Crippen molar-refractivity contribution in [3.05, 3.63) is 40.6 Å². The first-order valence-electron chi connectivity index (χ1n) is 6.86. The predicted octanol–water partition coefficient (Wildman–Crippen LogP) is 3.51. The molecule has 1 aliphatic heterocycles. The molecule has 2 heterocycles. The largest absolute Gasteiger partial charge is 0.370 e. The molecule has 0 amide bonds. The van der Waals surface area contributed by atoms with Crippen LogP contribution < -0.4 is 0 Å². The number of non-ortho nitro benzene ring substituents is 1. The van der Waals surface area contributed by atoms with E-state index in [0.717, 1.165) is 24.9 Å². The molecule has 1 aromatic carbocycles. The van der Waals surface area contributed by atoms with E-state index in [9.17, 15) is 10.1 Å². The molecule has 20 heavy (non-hydrogen) atoms. The van der Waals surface area contributed by atoms with Crippen LogP contribution in [0.4, 0.5) is 5.69 Å². The standard InChI is InChI=1S/C15H18N2O3/c1-15(2)8-6-11(20-15)10-16-9-7-12-13(16)4-3-5-14(12)17(18)19/h3-5,7,9,11H,6,8,10H2,1-2H3. The van der Waals surface area contributed by atoms with E-state index in [-0.39, 0.29) is 22.3 Å². The first kappa shape index (κ1) is 13.1. The van der Waals surface area contributed by atoms with Gasteiger partial charge in [0.25, 0.3) is 5.69 Å². The summed E-state index contributed by atoms with van der Waals surface area (Å²) in [5.41, 5.74) is 1.00. The minimum absolute atomic E-state index is 0.0559. The van der Waals surface area contributed by atoms with Crippen LogP contribution in [0.1, 0.15) is 26.7 Å². The summed E-state index contributed by atoms with van der Waals surface area (Å²) in [4.78, 5) is 10.7. The molecule has 0 N–H and O–H groups in total. The predicted molar refractivity (Wildman–Crippen MR) is 76.8 cm³/mol. The fourth-order valence-corrected chi connectivity index (χ4v) is 2.95. The second kappa shape index (κ2) is 4.59. The molecule has 1 atom stereocenters. The summed E-state index contributed by atoms with van der Waals surface area (Å²) in [5.74, 6) is 0. The molecule has 5 heteroatoms. The third kappa shape index (κ3) is 2.29. The van der Waals surface area contributed by atoms with Crippen molar-refractivity contribution in [3.8, 4) is 0 Å². The summed E-state index contributed by atoms with van der Waals surface area (Å²) in [6.07, 6.45) is 4.17. The molecule has 0 aliphatic carbocycles. The highest BCUT2D eigenvalue weighted by Gasteiger charge is 2.31. The van der Waals surface area contributed by atoms with Crippen molar-refractivity contribution < 1.29 is 9.66 Å². The maximum atomic E-state index is 11.0. The maximum Gasteiger partial charge on any atom is 0.278 e. The Kier molecular flexibility index (Phi) is 3.01. The van der Waals surface area contributed by atoms with E-state index in [1.807, 2.05) is 18.3 Å². The van der Waals surface area contributed by atoms with Crippen LogP contribution in [0.25, 0.3) is 10.9 Å². The molecule has 0 bridgehead atoms. The Bertz CT molecular complexity index is 660. The van der Waals surface area contributed by atoms with Crippen LogP contribution in [-0.2, 0) is 11.3 Å². The molecule has 3 rings (SSSR count).